The Morgan fingerprint density at radius 1 is 1.58 bits per heavy atom. The zero-order chi connectivity index (χ0) is 14.4. The zero-order valence-electron chi connectivity index (χ0n) is 11.5. The summed E-state index contributed by atoms with van der Waals surface area (Å²) in [6, 6.07) is 5.21. The number of hydrogen-bond acceptors (Lipinski definition) is 5. The first-order valence-corrected chi connectivity index (χ1v) is 5.99. The van der Waals surface area contributed by atoms with Gasteiger partial charge in [-0.05, 0) is 30.7 Å². The number of nitrogens with two attached hydrogens (primary N) is 1. The van der Waals surface area contributed by atoms with Crippen molar-refractivity contribution >= 4 is 11.6 Å². The van der Waals surface area contributed by atoms with Crippen molar-refractivity contribution in [1.82, 2.24) is 4.90 Å². The lowest BCUT2D eigenvalue weighted by Gasteiger charge is -2.21. The quantitative estimate of drug-likeness (QED) is 0.511. The second-order valence-corrected chi connectivity index (χ2v) is 4.47. The molecule has 0 aromatic heterocycles. The first kappa shape index (κ1) is 15.4. The van der Waals surface area contributed by atoms with Crippen molar-refractivity contribution in [2.75, 3.05) is 32.7 Å². The van der Waals surface area contributed by atoms with Crippen molar-refractivity contribution in [3.63, 3.8) is 0 Å². The number of methoxy groups -OCH3 is 1. The molecule has 6 nitrogen and oxygen atoms in total. The van der Waals surface area contributed by atoms with Gasteiger partial charge in [0, 0.05) is 26.3 Å². The van der Waals surface area contributed by atoms with E-state index in [1.54, 1.807) is 25.2 Å². The summed E-state index contributed by atoms with van der Waals surface area (Å²) in [4.78, 5) is 13.6. The van der Waals surface area contributed by atoms with Crippen LogP contribution in [0.4, 0.5) is 5.69 Å². The number of likely N-dealkylation sites (N-methyl/N-ethyl adjacent to an activating group) is 1. The number of hydrogen-bond donors (Lipinski definition) is 3. The predicted molar refractivity (Wildman–Crippen MR) is 73.8 cm³/mol. The van der Waals surface area contributed by atoms with Crippen LogP contribution in [0.5, 0.6) is 0 Å². The van der Waals surface area contributed by atoms with E-state index in [2.05, 4.69) is 5.43 Å². The molecule has 0 saturated carbocycles. The van der Waals surface area contributed by atoms with Gasteiger partial charge in [0.15, 0.2) is 0 Å². The molecule has 0 aliphatic heterocycles. The highest BCUT2D eigenvalue weighted by atomic mass is 16.5. The maximum atomic E-state index is 12.2. The molecule has 106 valence electrons. The van der Waals surface area contributed by atoms with Crippen molar-refractivity contribution in [3.8, 4) is 0 Å². The van der Waals surface area contributed by atoms with Gasteiger partial charge in [-0.2, -0.15) is 0 Å². The van der Waals surface area contributed by atoms with Crippen molar-refractivity contribution in [1.29, 1.82) is 0 Å². The average Bonchev–Trinajstić information content (AvgIpc) is 2.37. The summed E-state index contributed by atoms with van der Waals surface area (Å²) in [5.41, 5.74) is 4.78. The average molecular weight is 267 g/mol. The molecule has 19 heavy (non-hydrogen) atoms. The van der Waals surface area contributed by atoms with E-state index in [1.165, 1.54) is 12.0 Å². The molecule has 0 aliphatic rings. The second-order valence-electron chi connectivity index (χ2n) is 4.47. The summed E-state index contributed by atoms with van der Waals surface area (Å²) in [6.45, 7) is 2.29. The van der Waals surface area contributed by atoms with Crippen LogP contribution in [0.15, 0.2) is 18.2 Å². The summed E-state index contributed by atoms with van der Waals surface area (Å²) in [7, 11) is 3.15. The molecule has 1 amide bonds. The molecule has 1 aromatic rings. The lowest BCUT2D eigenvalue weighted by molar-refractivity contribution is 0.0380. The number of carbonyl (C=O) groups excluding carboxylic acids is 1. The van der Waals surface area contributed by atoms with E-state index in [1.807, 2.05) is 6.92 Å². The largest absolute Gasteiger partial charge is 0.389 e. The van der Waals surface area contributed by atoms with Gasteiger partial charge in [0.25, 0.3) is 5.91 Å². The van der Waals surface area contributed by atoms with Gasteiger partial charge in [-0.3, -0.25) is 10.6 Å². The Hall–Kier alpha value is -1.63. The van der Waals surface area contributed by atoms with Gasteiger partial charge in [-0.25, -0.2) is 0 Å². The Kier molecular flexibility index (Phi) is 5.75. The number of nitrogens with zero attached hydrogens (tertiary/aromatic N) is 1. The number of aryl methyl sites for hydroxylation is 1. The van der Waals surface area contributed by atoms with Crippen LogP contribution in [0.1, 0.15) is 15.9 Å². The summed E-state index contributed by atoms with van der Waals surface area (Å²) < 4.78 is 4.83. The first-order valence-electron chi connectivity index (χ1n) is 5.99. The van der Waals surface area contributed by atoms with Gasteiger partial charge in [-0.15, -0.1) is 0 Å². The van der Waals surface area contributed by atoms with Crippen molar-refractivity contribution in [2.45, 2.75) is 13.0 Å². The van der Waals surface area contributed by atoms with Crippen LogP contribution in [0.2, 0.25) is 0 Å². The third-order valence-electron chi connectivity index (χ3n) is 2.82. The number of carbonyl (C=O) groups is 1. The van der Waals surface area contributed by atoms with Crippen LogP contribution in [0, 0.1) is 6.92 Å². The molecule has 0 heterocycles. The van der Waals surface area contributed by atoms with Crippen LogP contribution in [0.3, 0.4) is 0 Å². The molecule has 0 bridgehead atoms. The Bertz CT molecular complexity index is 437. The lowest BCUT2D eigenvalue weighted by Crippen LogP contribution is -2.36. The Labute approximate surface area is 113 Å². The maximum absolute atomic E-state index is 12.2. The highest BCUT2D eigenvalue weighted by Crippen LogP contribution is 2.16. The van der Waals surface area contributed by atoms with Crippen molar-refractivity contribution in [3.05, 3.63) is 29.3 Å². The number of aliphatic hydroxyl groups excluding tert-OH is 1. The highest BCUT2D eigenvalue weighted by molar-refractivity contribution is 5.94. The normalized spacial score (nSPS) is 12.1. The van der Waals surface area contributed by atoms with Crippen LogP contribution in [-0.2, 0) is 4.74 Å². The number of rotatable bonds is 6. The van der Waals surface area contributed by atoms with Gasteiger partial charge in [0.1, 0.15) is 0 Å². The minimum atomic E-state index is -0.690. The molecule has 0 saturated heterocycles. The van der Waals surface area contributed by atoms with E-state index in [4.69, 9.17) is 10.6 Å². The molecule has 6 heteroatoms. The molecule has 0 aliphatic carbocycles. The third kappa shape index (κ3) is 4.20. The number of aliphatic hydroxyl groups is 1. The van der Waals surface area contributed by atoms with Gasteiger partial charge in [0.2, 0.25) is 0 Å². The zero-order valence-corrected chi connectivity index (χ0v) is 11.5. The number of hydrazine groups is 1. The Balaban J connectivity index is 2.74. The number of ether oxygens (including phenoxy) is 1. The molecule has 1 aromatic carbocycles. The molecule has 1 rings (SSSR count). The van der Waals surface area contributed by atoms with E-state index in [0.29, 0.717) is 5.56 Å². The fraction of sp³-hybridized carbons (Fsp3) is 0.462. The molecule has 1 atom stereocenters. The predicted octanol–water partition coefficient (Wildman–Crippen LogP) is 0.360. The monoisotopic (exact) mass is 267 g/mol. The topological polar surface area (TPSA) is 87.8 Å². The first-order chi connectivity index (χ1) is 8.99. The number of nitrogen functional groups attached to an aromatic ring is 1. The molecule has 0 radical (unpaired) electrons. The minimum Gasteiger partial charge on any atom is -0.389 e. The second kappa shape index (κ2) is 7.08. The standard InChI is InChI=1S/C13H21N3O3/c1-9-6-10(4-5-12(9)15-14)13(18)16(2)7-11(17)8-19-3/h4-6,11,15,17H,7-8,14H2,1-3H3. The summed E-state index contributed by atoms with van der Waals surface area (Å²) in [6.07, 6.45) is -0.690. The molecule has 0 spiro atoms. The molecule has 0 fully saturated rings. The molecular formula is C13H21N3O3. The van der Waals surface area contributed by atoms with Gasteiger partial charge < -0.3 is 20.2 Å². The number of anilines is 1. The van der Waals surface area contributed by atoms with Crippen LogP contribution >= 0.6 is 0 Å². The van der Waals surface area contributed by atoms with E-state index in [-0.39, 0.29) is 19.1 Å². The van der Waals surface area contributed by atoms with E-state index >= 15 is 0 Å². The minimum absolute atomic E-state index is 0.151. The number of amides is 1. The van der Waals surface area contributed by atoms with Crippen molar-refractivity contribution < 1.29 is 14.6 Å². The smallest absolute Gasteiger partial charge is 0.253 e. The van der Waals surface area contributed by atoms with Gasteiger partial charge in [0.05, 0.1) is 18.4 Å². The summed E-state index contributed by atoms with van der Waals surface area (Å²) in [5, 5.41) is 9.61. The van der Waals surface area contributed by atoms with Crippen LogP contribution in [0.25, 0.3) is 0 Å². The van der Waals surface area contributed by atoms with E-state index < -0.39 is 6.10 Å². The molecule has 4 N–H and O–H groups in total. The van der Waals surface area contributed by atoms with Crippen LogP contribution in [-0.4, -0.2) is 49.3 Å². The number of benzene rings is 1. The van der Waals surface area contributed by atoms with Crippen molar-refractivity contribution in [2.24, 2.45) is 5.84 Å². The fourth-order valence-corrected chi connectivity index (χ4v) is 1.82. The number of nitrogens with one attached hydrogen (secondary N) is 1. The summed E-state index contributed by atoms with van der Waals surface area (Å²) in [5.74, 6) is 5.19. The third-order valence-corrected chi connectivity index (χ3v) is 2.82. The lowest BCUT2D eigenvalue weighted by atomic mass is 10.1. The SMILES string of the molecule is COCC(O)CN(C)C(=O)c1ccc(NN)c(C)c1. The van der Waals surface area contributed by atoms with E-state index in [9.17, 15) is 9.90 Å². The van der Waals surface area contributed by atoms with Gasteiger partial charge in [-0.1, -0.05) is 0 Å². The molecular weight excluding hydrogens is 246 g/mol. The fourth-order valence-electron chi connectivity index (χ4n) is 1.82. The Morgan fingerprint density at radius 2 is 2.26 bits per heavy atom. The highest BCUT2D eigenvalue weighted by Gasteiger charge is 2.16. The van der Waals surface area contributed by atoms with Crippen LogP contribution < -0.4 is 11.3 Å². The Morgan fingerprint density at radius 3 is 2.79 bits per heavy atom. The molecule has 1 unspecified atom stereocenters. The van der Waals surface area contributed by atoms with Gasteiger partial charge >= 0.3 is 0 Å². The van der Waals surface area contributed by atoms with E-state index in [0.717, 1.165) is 11.3 Å². The maximum Gasteiger partial charge on any atom is 0.253 e. The summed E-state index contributed by atoms with van der Waals surface area (Å²) >= 11 is 0.